The van der Waals surface area contributed by atoms with Crippen LogP contribution in [0.4, 0.5) is 0 Å². The third kappa shape index (κ3) is 4.48. The molecule has 13 aromatic rings. The van der Waals surface area contributed by atoms with Crippen molar-refractivity contribution in [2.45, 2.75) is 0 Å². The normalized spacial score (nSPS) is 12.2. The Morgan fingerprint density at radius 2 is 0.644 bits per heavy atom. The van der Waals surface area contributed by atoms with E-state index in [1.807, 2.05) is 0 Å². The lowest BCUT2D eigenvalue weighted by molar-refractivity contribution is 1.02. The van der Waals surface area contributed by atoms with Crippen molar-refractivity contribution in [2.24, 2.45) is 7.05 Å². The topological polar surface area (TPSA) is 19.7 Å². The third-order valence-corrected chi connectivity index (χ3v) is 12.7. The molecule has 59 heavy (non-hydrogen) atoms. The molecule has 0 aliphatic carbocycles. The zero-order valence-corrected chi connectivity index (χ0v) is 32.3. The SMILES string of the molecule is Cn1c2ccc(-c3ccc4c(c3)c3ccc5c6ccccc6n(-c6ccccc6)c5c3n4-c3ccccc3)cc2c2cc3c(cc21)c1ccccc1n3-c1ccccc1. The largest absolute Gasteiger partial charge is 0.344 e. The predicted molar refractivity (Wildman–Crippen MR) is 249 cm³/mol. The second-order valence-electron chi connectivity index (χ2n) is 15.8. The van der Waals surface area contributed by atoms with Crippen LogP contribution in [0.15, 0.2) is 200 Å². The molecule has 4 heterocycles. The monoisotopic (exact) mass is 752 g/mol. The number of nitrogens with zero attached hydrogens (tertiary/aromatic N) is 4. The van der Waals surface area contributed by atoms with Crippen molar-refractivity contribution in [1.82, 2.24) is 18.3 Å². The van der Waals surface area contributed by atoms with Gasteiger partial charge in [-0.1, -0.05) is 115 Å². The van der Waals surface area contributed by atoms with Crippen LogP contribution in [0.3, 0.4) is 0 Å². The summed E-state index contributed by atoms with van der Waals surface area (Å²) in [4.78, 5) is 0. The Kier molecular flexibility index (Phi) is 6.62. The molecule has 0 unspecified atom stereocenters. The van der Waals surface area contributed by atoms with Crippen LogP contribution in [0.25, 0.3) is 115 Å². The van der Waals surface area contributed by atoms with E-state index in [4.69, 9.17) is 0 Å². The smallest absolute Gasteiger partial charge is 0.0788 e. The summed E-state index contributed by atoms with van der Waals surface area (Å²) >= 11 is 0. The third-order valence-electron chi connectivity index (χ3n) is 12.7. The first-order valence-electron chi connectivity index (χ1n) is 20.3. The Morgan fingerprint density at radius 1 is 0.254 bits per heavy atom. The highest BCUT2D eigenvalue weighted by Crippen LogP contribution is 2.44. The summed E-state index contributed by atoms with van der Waals surface area (Å²) in [5.41, 5.74) is 15.6. The summed E-state index contributed by atoms with van der Waals surface area (Å²) in [5.74, 6) is 0. The second-order valence-corrected chi connectivity index (χ2v) is 15.8. The molecule has 9 aromatic carbocycles. The van der Waals surface area contributed by atoms with Crippen LogP contribution in [0.1, 0.15) is 0 Å². The van der Waals surface area contributed by atoms with E-state index in [0.29, 0.717) is 0 Å². The molecule has 0 bridgehead atoms. The van der Waals surface area contributed by atoms with Crippen LogP contribution >= 0.6 is 0 Å². The van der Waals surface area contributed by atoms with Gasteiger partial charge in [0.25, 0.3) is 0 Å². The lowest BCUT2D eigenvalue weighted by Crippen LogP contribution is -1.98. The maximum Gasteiger partial charge on any atom is 0.0788 e. The molecule has 0 amide bonds. The molecule has 4 aromatic heterocycles. The Hall–Kier alpha value is -7.82. The first-order chi connectivity index (χ1) is 29.2. The van der Waals surface area contributed by atoms with Gasteiger partial charge >= 0.3 is 0 Å². The van der Waals surface area contributed by atoms with E-state index in [2.05, 4.69) is 226 Å². The van der Waals surface area contributed by atoms with E-state index in [0.717, 1.165) is 11.4 Å². The van der Waals surface area contributed by atoms with E-state index in [9.17, 15) is 0 Å². The van der Waals surface area contributed by atoms with Crippen LogP contribution in [0.2, 0.25) is 0 Å². The molecule has 0 spiro atoms. The molecule has 0 saturated carbocycles. The lowest BCUT2D eigenvalue weighted by Gasteiger charge is -2.12. The number of fused-ring (bicyclic) bond motifs is 13. The number of hydrogen-bond donors (Lipinski definition) is 0. The van der Waals surface area contributed by atoms with Crippen molar-refractivity contribution < 1.29 is 0 Å². The summed E-state index contributed by atoms with van der Waals surface area (Å²) in [6.45, 7) is 0. The maximum atomic E-state index is 2.47. The molecule has 0 atom stereocenters. The predicted octanol–water partition coefficient (Wildman–Crippen LogP) is 14.3. The van der Waals surface area contributed by atoms with Gasteiger partial charge in [-0.05, 0) is 96.1 Å². The van der Waals surface area contributed by atoms with Crippen molar-refractivity contribution >= 4 is 87.2 Å². The number of hydrogen-bond acceptors (Lipinski definition) is 0. The van der Waals surface area contributed by atoms with Gasteiger partial charge in [-0.2, -0.15) is 0 Å². The Labute approximate surface area is 339 Å². The highest BCUT2D eigenvalue weighted by Gasteiger charge is 2.22. The van der Waals surface area contributed by atoms with Crippen molar-refractivity contribution in [2.75, 3.05) is 0 Å². The molecule has 4 heteroatoms. The van der Waals surface area contributed by atoms with E-state index < -0.39 is 0 Å². The van der Waals surface area contributed by atoms with Crippen LogP contribution in [0.5, 0.6) is 0 Å². The first kappa shape index (κ1) is 32.3. The molecule has 0 N–H and O–H groups in total. The minimum atomic E-state index is 1.15. The average molecular weight is 753 g/mol. The van der Waals surface area contributed by atoms with Gasteiger partial charge in [-0.3, -0.25) is 0 Å². The molecule has 276 valence electrons. The van der Waals surface area contributed by atoms with Crippen molar-refractivity contribution in [1.29, 1.82) is 0 Å². The highest BCUT2D eigenvalue weighted by atomic mass is 15.0. The van der Waals surface area contributed by atoms with Crippen LogP contribution in [-0.2, 0) is 7.05 Å². The first-order valence-corrected chi connectivity index (χ1v) is 20.3. The minimum Gasteiger partial charge on any atom is -0.344 e. The summed E-state index contributed by atoms with van der Waals surface area (Å²) in [6, 6.07) is 73.5. The molecule has 0 fully saturated rings. The molecular formula is C55H36N4. The van der Waals surface area contributed by atoms with Gasteiger partial charge in [0.15, 0.2) is 0 Å². The van der Waals surface area contributed by atoms with Gasteiger partial charge in [0.1, 0.15) is 0 Å². The highest BCUT2D eigenvalue weighted by molar-refractivity contribution is 6.24. The zero-order chi connectivity index (χ0) is 38.8. The average Bonchev–Trinajstić information content (AvgIpc) is 4.01. The molecule has 0 aliphatic rings. The van der Waals surface area contributed by atoms with Crippen molar-refractivity contribution in [3.63, 3.8) is 0 Å². The van der Waals surface area contributed by atoms with E-state index in [1.54, 1.807) is 0 Å². The van der Waals surface area contributed by atoms with E-state index in [1.165, 1.54) is 104 Å². The summed E-state index contributed by atoms with van der Waals surface area (Å²) in [7, 11) is 2.20. The molecule has 0 aliphatic heterocycles. The molecule has 0 radical (unpaired) electrons. The Morgan fingerprint density at radius 3 is 1.24 bits per heavy atom. The molecular weight excluding hydrogens is 717 g/mol. The number of rotatable bonds is 4. The van der Waals surface area contributed by atoms with Gasteiger partial charge in [-0.25, -0.2) is 0 Å². The fourth-order valence-electron chi connectivity index (χ4n) is 10.1. The molecule has 4 nitrogen and oxygen atoms in total. The quantitative estimate of drug-likeness (QED) is 0.171. The van der Waals surface area contributed by atoms with Gasteiger partial charge < -0.3 is 18.3 Å². The Bertz CT molecular complexity index is 3820. The zero-order valence-electron chi connectivity index (χ0n) is 32.3. The maximum absolute atomic E-state index is 2.47. The van der Waals surface area contributed by atoms with Crippen LogP contribution in [0, 0.1) is 0 Å². The van der Waals surface area contributed by atoms with Gasteiger partial charge in [-0.15, -0.1) is 0 Å². The summed E-state index contributed by atoms with van der Waals surface area (Å²) in [6.07, 6.45) is 0. The van der Waals surface area contributed by atoms with E-state index in [-0.39, 0.29) is 0 Å². The number of aryl methyl sites for hydroxylation is 1. The van der Waals surface area contributed by atoms with Gasteiger partial charge in [0.2, 0.25) is 0 Å². The minimum absolute atomic E-state index is 1.15. The van der Waals surface area contributed by atoms with E-state index >= 15 is 0 Å². The van der Waals surface area contributed by atoms with Gasteiger partial charge in [0, 0.05) is 78.2 Å². The fourth-order valence-corrected chi connectivity index (χ4v) is 10.1. The molecule has 0 saturated heterocycles. The fraction of sp³-hybridized carbons (Fsp3) is 0.0182. The molecule has 13 rings (SSSR count). The van der Waals surface area contributed by atoms with Crippen LogP contribution in [-0.4, -0.2) is 18.3 Å². The number of para-hydroxylation sites is 5. The van der Waals surface area contributed by atoms with Crippen molar-refractivity contribution in [3.8, 4) is 28.2 Å². The van der Waals surface area contributed by atoms with Crippen molar-refractivity contribution in [3.05, 3.63) is 200 Å². The number of benzene rings is 9. The van der Waals surface area contributed by atoms with Gasteiger partial charge in [0.05, 0.1) is 33.1 Å². The van der Waals surface area contributed by atoms with Crippen LogP contribution < -0.4 is 0 Å². The summed E-state index contributed by atoms with van der Waals surface area (Å²) < 4.78 is 9.70. The number of aromatic nitrogens is 4. The standard InChI is InChI=1S/C55H36N4/c1-56-48-29-25-35(32-45(48)47-34-53-46(33-52(47)56)41-22-12-13-23-49(41)57(53)37-15-5-2-6-16-37)36-26-30-51-44(31-36)43-28-27-42-40-21-11-14-24-50(40)58(38-17-7-3-8-18-38)54(42)55(43)59(51)39-19-9-4-10-20-39/h2-34H,1H3. The lowest BCUT2D eigenvalue weighted by atomic mass is 10.00. The Balaban J connectivity index is 1.08. The summed E-state index contributed by atoms with van der Waals surface area (Å²) in [5, 5.41) is 10.0. The second kappa shape index (κ2) is 12.1.